The second-order valence-electron chi connectivity index (χ2n) is 7.45. The number of halogens is 4. The first-order chi connectivity index (χ1) is 14.2. The minimum Gasteiger partial charge on any atom is -0.494 e. The highest BCUT2D eigenvalue weighted by Crippen LogP contribution is 2.37. The van der Waals surface area contributed by atoms with E-state index in [0.29, 0.717) is 10.4 Å². The minimum absolute atomic E-state index is 0.0237. The molecule has 0 atom stereocenters. The molecule has 2 heterocycles. The summed E-state index contributed by atoms with van der Waals surface area (Å²) in [6.45, 7) is 4.02. The Morgan fingerprint density at radius 3 is 2.37 bits per heavy atom. The molecule has 0 amide bonds. The molecule has 1 saturated heterocycles. The molecule has 1 aliphatic heterocycles. The lowest BCUT2D eigenvalue weighted by molar-refractivity contribution is -0.274. The van der Waals surface area contributed by atoms with E-state index in [1.165, 1.54) is 24.3 Å². The molecule has 0 saturated carbocycles. The number of anilines is 1. The van der Waals surface area contributed by atoms with Crippen LogP contribution in [0.5, 0.6) is 11.6 Å². The van der Waals surface area contributed by atoms with Gasteiger partial charge in [0.25, 0.3) is 0 Å². The average molecular weight is 440 g/mol. The Hall–Kier alpha value is -2.58. The van der Waals surface area contributed by atoms with Crippen molar-refractivity contribution in [1.82, 2.24) is 9.47 Å². The van der Waals surface area contributed by atoms with Crippen LogP contribution in [0.2, 0.25) is 5.02 Å². The van der Waals surface area contributed by atoms with Crippen LogP contribution in [0.4, 0.5) is 18.9 Å². The summed E-state index contributed by atoms with van der Waals surface area (Å²) < 4.78 is 42.4. The van der Waals surface area contributed by atoms with E-state index in [4.69, 9.17) is 11.6 Å². The third kappa shape index (κ3) is 4.44. The predicted octanol–water partition coefficient (Wildman–Crippen LogP) is 4.70. The van der Waals surface area contributed by atoms with Crippen molar-refractivity contribution in [2.45, 2.75) is 12.9 Å². The van der Waals surface area contributed by atoms with Crippen LogP contribution in [0.1, 0.15) is 5.56 Å². The van der Waals surface area contributed by atoms with Gasteiger partial charge in [0.05, 0.1) is 17.0 Å². The summed E-state index contributed by atoms with van der Waals surface area (Å²) in [6.07, 6.45) is -2.92. The zero-order valence-corrected chi connectivity index (χ0v) is 17.0. The van der Waals surface area contributed by atoms with Gasteiger partial charge in [0.1, 0.15) is 5.75 Å². The molecular weight excluding hydrogens is 419 g/mol. The minimum atomic E-state index is -4.73. The lowest BCUT2D eigenvalue weighted by Crippen LogP contribution is -2.44. The number of rotatable bonds is 4. The van der Waals surface area contributed by atoms with Gasteiger partial charge in [-0.1, -0.05) is 23.7 Å². The molecule has 5 nitrogen and oxygen atoms in total. The highest BCUT2D eigenvalue weighted by Gasteiger charge is 2.31. The topological polar surface area (TPSA) is 40.9 Å². The molecule has 3 aromatic rings. The number of aromatic hydroxyl groups is 1. The summed E-state index contributed by atoms with van der Waals surface area (Å²) in [5, 5.41) is 12.5. The Balaban J connectivity index is 1.58. The number of hydrogen-bond donors (Lipinski definition) is 1. The quantitative estimate of drug-likeness (QED) is 0.640. The fraction of sp³-hybridized carbons (Fsp3) is 0.333. The summed E-state index contributed by atoms with van der Waals surface area (Å²) >= 11 is 6.48. The van der Waals surface area contributed by atoms with E-state index < -0.39 is 6.36 Å². The normalized spacial score (nSPS) is 15.7. The van der Waals surface area contributed by atoms with Gasteiger partial charge in [0.15, 0.2) is 0 Å². The second kappa shape index (κ2) is 7.92. The molecule has 0 unspecified atom stereocenters. The summed E-state index contributed by atoms with van der Waals surface area (Å²) in [4.78, 5) is 4.53. The molecule has 1 N–H and O–H groups in total. The number of aromatic nitrogens is 1. The van der Waals surface area contributed by atoms with Crippen molar-refractivity contribution in [3.63, 3.8) is 0 Å². The molecule has 0 radical (unpaired) electrons. The lowest BCUT2D eigenvalue weighted by Gasteiger charge is -2.34. The Kier molecular flexibility index (Phi) is 5.46. The van der Waals surface area contributed by atoms with Crippen molar-refractivity contribution in [3.8, 4) is 11.6 Å². The summed E-state index contributed by atoms with van der Waals surface area (Å²) in [7, 11) is 2.09. The Morgan fingerprint density at radius 1 is 1.07 bits per heavy atom. The summed E-state index contributed by atoms with van der Waals surface area (Å²) in [6, 6.07) is 9.43. The van der Waals surface area contributed by atoms with Crippen molar-refractivity contribution < 1.29 is 23.0 Å². The number of piperazine rings is 1. The molecule has 0 aliphatic carbocycles. The van der Waals surface area contributed by atoms with Crippen LogP contribution in [0, 0.1) is 0 Å². The molecule has 160 valence electrons. The van der Waals surface area contributed by atoms with Gasteiger partial charge >= 0.3 is 6.36 Å². The van der Waals surface area contributed by atoms with Gasteiger partial charge in [-0.3, -0.25) is 0 Å². The van der Waals surface area contributed by atoms with Gasteiger partial charge in [0, 0.05) is 43.4 Å². The van der Waals surface area contributed by atoms with Crippen LogP contribution in [-0.2, 0) is 6.54 Å². The van der Waals surface area contributed by atoms with Crippen molar-refractivity contribution >= 4 is 28.1 Å². The van der Waals surface area contributed by atoms with Crippen molar-refractivity contribution in [2.75, 3.05) is 38.1 Å². The SMILES string of the molecule is CN1CCN(c2cc(Cl)c3c(O)n(Cc4ccc(OC(F)(F)F)cc4)cc3c2)CC1. The molecule has 30 heavy (non-hydrogen) atoms. The van der Waals surface area contributed by atoms with Crippen molar-refractivity contribution in [2.24, 2.45) is 0 Å². The second-order valence-corrected chi connectivity index (χ2v) is 7.86. The predicted molar refractivity (Wildman–Crippen MR) is 111 cm³/mol. The van der Waals surface area contributed by atoms with Crippen LogP contribution in [0.25, 0.3) is 10.8 Å². The first kappa shape index (κ1) is 20.7. The summed E-state index contributed by atoms with van der Waals surface area (Å²) in [5.41, 5.74) is 1.72. The number of nitrogens with zero attached hydrogens (tertiary/aromatic N) is 3. The first-order valence-corrected chi connectivity index (χ1v) is 9.87. The maximum absolute atomic E-state index is 12.3. The van der Waals surface area contributed by atoms with E-state index in [1.807, 2.05) is 12.1 Å². The molecule has 4 rings (SSSR count). The molecule has 0 spiro atoms. The fourth-order valence-corrected chi connectivity index (χ4v) is 3.99. The van der Waals surface area contributed by atoms with E-state index in [0.717, 1.165) is 42.8 Å². The van der Waals surface area contributed by atoms with E-state index in [1.54, 1.807) is 10.8 Å². The highest BCUT2D eigenvalue weighted by molar-refractivity contribution is 6.36. The maximum atomic E-state index is 12.3. The maximum Gasteiger partial charge on any atom is 0.573 e. The van der Waals surface area contributed by atoms with Crippen molar-refractivity contribution in [1.29, 1.82) is 0 Å². The van der Waals surface area contributed by atoms with E-state index >= 15 is 0 Å². The van der Waals surface area contributed by atoms with Gasteiger partial charge in [-0.2, -0.15) is 0 Å². The number of benzene rings is 2. The van der Waals surface area contributed by atoms with Crippen LogP contribution in [-0.4, -0.2) is 54.2 Å². The number of fused-ring (bicyclic) bond motifs is 1. The molecule has 1 fully saturated rings. The van der Waals surface area contributed by atoms with E-state index in [-0.39, 0.29) is 18.2 Å². The standard InChI is InChI=1S/C21H21ClF3N3O2/c1-26-6-8-27(9-7-26)16-10-15-13-28(20(29)19(15)18(22)11-16)12-14-2-4-17(5-3-14)30-21(23,24)25/h2-5,10-11,13,29H,6-9,12H2,1H3. The van der Waals surface area contributed by atoms with Gasteiger partial charge in [-0.15, -0.1) is 13.2 Å². The number of likely N-dealkylation sites (N-methyl/N-ethyl adjacent to an activating group) is 1. The Labute approximate surface area is 176 Å². The molecule has 0 bridgehead atoms. The van der Waals surface area contributed by atoms with Gasteiger partial charge < -0.3 is 24.2 Å². The lowest BCUT2D eigenvalue weighted by atomic mass is 10.1. The van der Waals surface area contributed by atoms with Gasteiger partial charge in [0.2, 0.25) is 5.88 Å². The van der Waals surface area contributed by atoms with Gasteiger partial charge in [-0.25, -0.2) is 0 Å². The van der Waals surface area contributed by atoms with Crippen molar-refractivity contribution in [3.05, 3.63) is 53.2 Å². The molecular formula is C21H21ClF3N3O2. The van der Waals surface area contributed by atoms with Crippen LogP contribution in [0.15, 0.2) is 42.6 Å². The summed E-state index contributed by atoms with van der Waals surface area (Å²) in [5.74, 6) is -0.261. The third-order valence-corrected chi connectivity index (χ3v) is 5.57. The Morgan fingerprint density at radius 2 is 1.73 bits per heavy atom. The largest absolute Gasteiger partial charge is 0.573 e. The van der Waals surface area contributed by atoms with Crippen LogP contribution >= 0.6 is 11.6 Å². The number of hydrogen-bond acceptors (Lipinski definition) is 4. The third-order valence-electron chi connectivity index (χ3n) is 5.27. The molecule has 2 aromatic carbocycles. The zero-order chi connectivity index (χ0) is 21.5. The van der Waals surface area contributed by atoms with Gasteiger partial charge in [-0.05, 0) is 36.9 Å². The molecule has 1 aliphatic rings. The average Bonchev–Trinajstić information content (AvgIpc) is 2.98. The first-order valence-electron chi connectivity index (χ1n) is 9.49. The van der Waals surface area contributed by atoms with Crippen LogP contribution < -0.4 is 9.64 Å². The van der Waals surface area contributed by atoms with E-state index in [9.17, 15) is 18.3 Å². The number of alkyl halides is 3. The Bertz CT molecular complexity index is 1040. The smallest absolute Gasteiger partial charge is 0.494 e. The number of ether oxygens (including phenoxy) is 1. The zero-order valence-electron chi connectivity index (χ0n) is 16.3. The molecule has 1 aromatic heterocycles. The fourth-order valence-electron chi connectivity index (χ4n) is 3.68. The van der Waals surface area contributed by atoms with E-state index in [2.05, 4.69) is 21.6 Å². The molecule has 9 heteroatoms. The monoisotopic (exact) mass is 439 g/mol. The highest BCUT2D eigenvalue weighted by atomic mass is 35.5. The van der Waals surface area contributed by atoms with Crippen LogP contribution in [0.3, 0.4) is 0 Å².